The smallest absolute Gasteiger partial charge is 0.142 e. The summed E-state index contributed by atoms with van der Waals surface area (Å²) < 4.78 is 13.4. The Labute approximate surface area is 108 Å². The van der Waals surface area contributed by atoms with Crippen LogP contribution in [0.2, 0.25) is 10.0 Å². The van der Waals surface area contributed by atoms with Gasteiger partial charge in [-0.25, -0.2) is 4.39 Å². The second-order valence-electron chi connectivity index (χ2n) is 3.56. The van der Waals surface area contributed by atoms with Crippen LogP contribution in [0.15, 0.2) is 18.2 Å². The van der Waals surface area contributed by atoms with Crippen molar-refractivity contribution in [3.8, 4) is 11.3 Å². The van der Waals surface area contributed by atoms with Gasteiger partial charge < -0.3 is 5.73 Å². The number of H-pyrrole nitrogens is 1. The average molecular weight is 274 g/mol. The fourth-order valence-corrected chi connectivity index (χ4v) is 1.98. The predicted octanol–water partition coefficient (Wildman–Crippen LogP) is 3.02. The second-order valence-corrected chi connectivity index (χ2v) is 4.38. The van der Waals surface area contributed by atoms with Crippen molar-refractivity contribution in [2.45, 2.75) is 6.42 Å². The van der Waals surface area contributed by atoms with E-state index in [9.17, 15) is 4.39 Å². The molecule has 2 rings (SSSR count). The van der Waals surface area contributed by atoms with Gasteiger partial charge in [0.05, 0.1) is 15.7 Å². The summed E-state index contributed by atoms with van der Waals surface area (Å²) in [7, 11) is 0. The highest BCUT2D eigenvalue weighted by Crippen LogP contribution is 2.31. The highest BCUT2D eigenvalue weighted by Gasteiger charge is 2.11. The minimum absolute atomic E-state index is 0.00327. The van der Waals surface area contributed by atoms with E-state index in [0.717, 1.165) is 5.69 Å². The van der Waals surface area contributed by atoms with Crippen LogP contribution < -0.4 is 5.73 Å². The molecule has 90 valence electrons. The molecule has 2 aromatic rings. The largest absolute Gasteiger partial charge is 0.330 e. The van der Waals surface area contributed by atoms with Crippen molar-refractivity contribution in [3.05, 3.63) is 39.8 Å². The van der Waals surface area contributed by atoms with Crippen LogP contribution in [0.1, 0.15) is 5.69 Å². The molecular formula is C11H10Cl2FN3. The van der Waals surface area contributed by atoms with E-state index in [0.29, 0.717) is 29.2 Å². The van der Waals surface area contributed by atoms with E-state index in [-0.39, 0.29) is 5.02 Å². The van der Waals surface area contributed by atoms with Crippen molar-refractivity contribution in [1.82, 2.24) is 10.2 Å². The molecular weight excluding hydrogens is 264 g/mol. The number of hydrogen-bond acceptors (Lipinski definition) is 2. The molecule has 17 heavy (non-hydrogen) atoms. The van der Waals surface area contributed by atoms with Gasteiger partial charge in [0, 0.05) is 17.7 Å². The Bertz CT molecular complexity index is 540. The number of aromatic nitrogens is 2. The van der Waals surface area contributed by atoms with E-state index >= 15 is 0 Å². The van der Waals surface area contributed by atoms with Crippen molar-refractivity contribution in [3.63, 3.8) is 0 Å². The fraction of sp³-hybridized carbons (Fsp3) is 0.182. The first kappa shape index (κ1) is 12.4. The summed E-state index contributed by atoms with van der Waals surface area (Å²) in [4.78, 5) is 0. The van der Waals surface area contributed by atoms with Crippen molar-refractivity contribution < 1.29 is 4.39 Å². The molecule has 0 radical (unpaired) electrons. The van der Waals surface area contributed by atoms with Crippen molar-refractivity contribution in [1.29, 1.82) is 0 Å². The molecule has 0 saturated carbocycles. The predicted molar refractivity (Wildman–Crippen MR) is 66.8 cm³/mol. The van der Waals surface area contributed by atoms with Gasteiger partial charge in [-0.05, 0) is 24.7 Å². The van der Waals surface area contributed by atoms with Gasteiger partial charge in [0.1, 0.15) is 5.82 Å². The van der Waals surface area contributed by atoms with Crippen molar-refractivity contribution in [2.75, 3.05) is 6.54 Å². The van der Waals surface area contributed by atoms with Gasteiger partial charge >= 0.3 is 0 Å². The van der Waals surface area contributed by atoms with E-state index < -0.39 is 5.82 Å². The number of rotatable bonds is 3. The molecule has 0 unspecified atom stereocenters. The summed E-state index contributed by atoms with van der Waals surface area (Å²) in [5.74, 6) is -0.519. The average Bonchev–Trinajstić information content (AvgIpc) is 2.72. The first-order valence-electron chi connectivity index (χ1n) is 5.01. The standard InChI is InChI=1S/C11H10Cl2FN3/c12-8-5-9(13)10(14)4-7(8)11-3-6(1-2-15)16-17-11/h3-5H,1-2,15H2,(H,16,17). The number of benzene rings is 1. The Hall–Kier alpha value is -1.10. The highest BCUT2D eigenvalue weighted by atomic mass is 35.5. The Balaban J connectivity index is 2.41. The van der Waals surface area contributed by atoms with Gasteiger partial charge in [0.15, 0.2) is 0 Å². The van der Waals surface area contributed by atoms with Crippen LogP contribution in [-0.4, -0.2) is 16.7 Å². The van der Waals surface area contributed by atoms with E-state index in [4.69, 9.17) is 28.9 Å². The number of nitrogens with one attached hydrogen (secondary N) is 1. The van der Waals surface area contributed by atoms with Gasteiger partial charge in [-0.2, -0.15) is 5.10 Å². The van der Waals surface area contributed by atoms with Crippen LogP contribution in [0.25, 0.3) is 11.3 Å². The minimum Gasteiger partial charge on any atom is -0.330 e. The zero-order valence-corrected chi connectivity index (χ0v) is 10.3. The van der Waals surface area contributed by atoms with E-state index in [1.165, 1.54) is 12.1 Å². The van der Waals surface area contributed by atoms with Gasteiger partial charge in [0.25, 0.3) is 0 Å². The van der Waals surface area contributed by atoms with Crippen LogP contribution in [-0.2, 0) is 6.42 Å². The Morgan fingerprint density at radius 2 is 2.00 bits per heavy atom. The van der Waals surface area contributed by atoms with Gasteiger partial charge in [-0.15, -0.1) is 0 Å². The lowest BCUT2D eigenvalue weighted by molar-refractivity contribution is 0.628. The van der Waals surface area contributed by atoms with Gasteiger partial charge in [-0.1, -0.05) is 23.2 Å². The summed E-state index contributed by atoms with van der Waals surface area (Å²) in [6.45, 7) is 0.518. The summed E-state index contributed by atoms with van der Waals surface area (Å²) in [6.07, 6.45) is 0.681. The Morgan fingerprint density at radius 1 is 1.24 bits per heavy atom. The molecule has 3 N–H and O–H groups in total. The summed E-state index contributed by atoms with van der Waals surface area (Å²) in [6, 6.07) is 4.43. The monoisotopic (exact) mass is 273 g/mol. The first-order chi connectivity index (χ1) is 8.11. The maximum Gasteiger partial charge on any atom is 0.142 e. The maximum absolute atomic E-state index is 13.4. The SMILES string of the molecule is NCCc1cc(-c2cc(F)c(Cl)cc2Cl)n[nH]1. The number of hydrogen-bond donors (Lipinski definition) is 2. The molecule has 0 aliphatic heterocycles. The number of nitrogens with zero attached hydrogens (tertiary/aromatic N) is 1. The molecule has 1 heterocycles. The fourth-order valence-electron chi connectivity index (χ4n) is 1.50. The quantitative estimate of drug-likeness (QED) is 0.845. The third kappa shape index (κ3) is 2.60. The maximum atomic E-state index is 13.4. The minimum atomic E-state index is -0.519. The number of halogens is 3. The molecule has 3 nitrogen and oxygen atoms in total. The van der Waals surface area contributed by atoms with Crippen LogP contribution in [0.3, 0.4) is 0 Å². The van der Waals surface area contributed by atoms with E-state index in [1.807, 2.05) is 0 Å². The molecule has 0 aliphatic carbocycles. The van der Waals surface area contributed by atoms with Gasteiger partial charge in [-0.3, -0.25) is 5.10 Å². The molecule has 0 saturated heterocycles. The summed E-state index contributed by atoms with van der Waals surface area (Å²) >= 11 is 11.6. The number of nitrogens with two attached hydrogens (primary N) is 1. The molecule has 1 aromatic heterocycles. The summed E-state index contributed by atoms with van der Waals surface area (Å²) in [5, 5.41) is 7.24. The normalized spacial score (nSPS) is 10.8. The molecule has 0 fully saturated rings. The van der Waals surface area contributed by atoms with Crippen LogP contribution >= 0.6 is 23.2 Å². The van der Waals surface area contributed by atoms with Crippen molar-refractivity contribution in [2.24, 2.45) is 5.73 Å². The zero-order valence-electron chi connectivity index (χ0n) is 8.80. The van der Waals surface area contributed by atoms with Crippen LogP contribution in [0, 0.1) is 5.82 Å². The van der Waals surface area contributed by atoms with Crippen molar-refractivity contribution >= 4 is 23.2 Å². The molecule has 0 aliphatic rings. The van der Waals surface area contributed by atoms with Gasteiger partial charge in [0.2, 0.25) is 0 Å². The lowest BCUT2D eigenvalue weighted by Gasteiger charge is -2.02. The highest BCUT2D eigenvalue weighted by molar-refractivity contribution is 6.36. The van der Waals surface area contributed by atoms with Crippen LogP contribution in [0.4, 0.5) is 4.39 Å². The molecule has 0 atom stereocenters. The lowest BCUT2D eigenvalue weighted by Crippen LogP contribution is -2.02. The van der Waals surface area contributed by atoms with E-state index in [2.05, 4.69) is 10.2 Å². The third-order valence-electron chi connectivity index (χ3n) is 2.33. The zero-order chi connectivity index (χ0) is 12.4. The molecule has 0 amide bonds. The molecule has 0 spiro atoms. The second kappa shape index (κ2) is 5.04. The number of aromatic amines is 1. The topological polar surface area (TPSA) is 54.7 Å². The Morgan fingerprint density at radius 3 is 2.71 bits per heavy atom. The first-order valence-corrected chi connectivity index (χ1v) is 5.76. The van der Waals surface area contributed by atoms with E-state index in [1.54, 1.807) is 6.07 Å². The third-order valence-corrected chi connectivity index (χ3v) is 2.93. The summed E-state index contributed by atoms with van der Waals surface area (Å²) in [5.41, 5.74) is 7.40. The van der Waals surface area contributed by atoms with Crippen LogP contribution in [0.5, 0.6) is 0 Å². The Kier molecular flexibility index (Phi) is 3.66. The molecule has 1 aromatic carbocycles. The molecule has 6 heteroatoms. The molecule has 0 bridgehead atoms. The lowest BCUT2D eigenvalue weighted by atomic mass is 10.1.